The van der Waals surface area contributed by atoms with Crippen LogP contribution in [0.5, 0.6) is 0 Å². The summed E-state index contributed by atoms with van der Waals surface area (Å²) in [7, 11) is 0. The van der Waals surface area contributed by atoms with E-state index >= 15 is 0 Å². The Morgan fingerprint density at radius 1 is 1.34 bits per heavy atom. The minimum Gasteiger partial charge on any atom is -0.300 e. The lowest BCUT2D eigenvalue weighted by Crippen LogP contribution is -2.15. The van der Waals surface area contributed by atoms with Crippen molar-refractivity contribution in [3.8, 4) is 11.4 Å². The summed E-state index contributed by atoms with van der Waals surface area (Å²) in [5.41, 5.74) is 2.64. The maximum absolute atomic E-state index is 12.3. The lowest BCUT2D eigenvalue weighted by atomic mass is 9.88. The summed E-state index contributed by atoms with van der Waals surface area (Å²) < 4.78 is 2.15. The highest BCUT2D eigenvalue weighted by atomic mass is 32.2. The van der Waals surface area contributed by atoms with Crippen LogP contribution >= 0.6 is 34.4 Å². The molecule has 29 heavy (non-hydrogen) atoms. The fraction of sp³-hybridized carbons (Fsp3) is 0.526. The Balaban J connectivity index is 1.52. The van der Waals surface area contributed by atoms with Gasteiger partial charge in [0.05, 0.1) is 5.75 Å². The fourth-order valence-electron chi connectivity index (χ4n) is 3.52. The summed E-state index contributed by atoms with van der Waals surface area (Å²) in [5.74, 6) is 1.80. The number of fused-ring (bicyclic) bond motifs is 1. The van der Waals surface area contributed by atoms with Crippen molar-refractivity contribution in [3.63, 3.8) is 0 Å². The number of aromatic nitrogens is 5. The van der Waals surface area contributed by atoms with Crippen molar-refractivity contribution >= 4 is 45.5 Å². The maximum Gasteiger partial charge on any atom is 0.236 e. The number of hydrogen-bond donors (Lipinski definition) is 1. The smallest absolute Gasteiger partial charge is 0.236 e. The second-order valence-electron chi connectivity index (χ2n) is 7.63. The molecule has 3 heterocycles. The van der Waals surface area contributed by atoms with E-state index in [0.29, 0.717) is 5.13 Å². The first-order chi connectivity index (χ1) is 13.9. The Labute approximate surface area is 182 Å². The fourth-order valence-corrected chi connectivity index (χ4v) is 6.24. The van der Waals surface area contributed by atoms with Gasteiger partial charge in [-0.05, 0) is 51.5 Å². The molecular formula is C19H24N6OS3. The van der Waals surface area contributed by atoms with Gasteiger partial charge in [-0.25, -0.2) is 0 Å². The minimum atomic E-state index is -0.118. The topological polar surface area (TPSA) is 85.6 Å². The molecule has 154 valence electrons. The first-order valence-electron chi connectivity index (χ1n) is 9.69. The van der Waals surface area contributed by atoms with Gasteiger partial charge in [-0.3, -0.25) is 14.7 Å². The Bertz CT molecular complexity index is 1020. The number of thioether (sulfide) groups is 1. The van der Waals surface area contributed by atoms with E-state index in [4.69, 9.17) is 0 Å². The van der Waals surface area contributed by atoms with Crippen molar-refractivity contribution in [2.75, 3.05) is 11.1 Å². The highest BCUT2D eigenvalue weighted by Gasteiger charge is 2.25. The number of nitrogens with zero attached hydrogens (tertiary/aromatic N) is 5. The number of hydrogen-bond acceptors (Lipinski definition) is 8. The minimum absolute atomic E-state index is 0.118. The van der Waals surface area contributed by atoms with Crippen molar-refractivity contribution in [1.82, 2.24) is 25.0 Å². The van der Waals surface area contributed by atoms with Crippen molar-refractivity contribution in [2.45, 2.75) is 58.2 Å². The van der Waals surface area contributed by atoms with Crippen molar-refractivity contribution in [1.29, 1.82) is 0 Å². The summed E-state index contributed by atoms with van der Waals surface area (Å²) in [4.78, 5) is 13.8. The molecule has 0 aliphatic heterocycles. The van der Waals surface area contributed by atoms with Gasteiger partial charge in [0.25, 0.3) is 0 Å². The van der Waals surface area contributed by atoms with E-state index in [2.05, 4.69) is 56.4 Å². The third-order valence-corrected chi connectivity index (χ3v) is 7.68. The molecule has 1 amide bonds. The van der Waals surface area contributed by atoms with Crippen LogP contribution in [0.25, 0.3) is 11.4 Å². The van der Waals surface area contributed by atoms with Crippen LogP contribution in [-0.2, 0) is 17.6 Å². The van der Waals surface area contributed by atoms with E-state index in [1.165, 1.54) is 45.5 Å². The molecule has 1 aliphatic rings. The molecule has 1 aliphatic carbocycles. The molecule has 0 saturated heterocycles. The summed E-state index contributed by atoms with van der Waals surface area (Å²) in [5, 5.41) is 23.9. The Hall–Kier alpha value is -1.78. The van der Waals surface area contributed by atoms with E-state index in [1.54, 1.807) is 0 Å². The molecule has 0 aromatic carbocycles. The van der Waals surface area contributed by atoms with Crippen LogP contribution in [0.15, 0.2) is 10.5 Å². The van der Waals surface area contributed by atoms with Gasteiger partial charge in [0.15, 0.2) is 11.0 Å². The maximum atomic E-state index is 12.3. The van der Waals surface area contributed by atoms with Gasteiger partial charge in [-0.1, -0.05) is 30.0 Å². The summed E-state index contributed by atoms with van der Waals surface area (Å²) in [6.45, 7) is 8.43. The number of aryl methyl sites for hydroxylation is 1. The molecule has 7 nitrogen and oxygen atoms in total. The number of amides is 1. The number of thiophene rings is 1. The third-order valence-electron chi connectivity index (χ3n) is 4.93. The Morgan fingerprint density at radius 3 is 2.90 bits per heavy atom. The van der Waals surface area contributed by atoms with Crippen molar-refractivity contribution < 1.29 is 4.79 Å². The molecule has 3 aromatic heterocycles. The average Bonchev–Trinajstić information content (AvgIpc) is 3.37. The highest BCUT2D eigenvalue weighted by Crippen LogP contribution is 2.39. The zero-order chi connectivity index (χ0) is 20.5. The third kappa shape index (κ3) is 4.39. The van der Waals surface area contributed by atoms with Crippen molar-refractivity contribution in [2.24, 2.45) is 5.92 Å². The SMILES string of the molecule is Cc1nnc(NC(=O)CSc2nnc(-c3csc4c3CCC(C)C4)n2C(C)C)s1. The standard InChI is InChI=1S/C19H24N6OS3/c1-10(2)25-17(14-8-27-15-7-11(3)5-6-13(14)15)22-24-19(25)28-9-16(26)20-18-23-21-12(4)29-18/h8,10-11H,5-7,9H2,1-4H3,(H,20,23,26). The van der Waals surface area contributed by atoms with E-state index in [9.17, 15) is 4.79 Å². The molecule has 0 spiro atoms. The molecule has 3 aromatic rings. The molecule has 1 unspecified atom stereocenters. The highest BCUT2D eigenvalue weighted by molar-refractivity contribution is 7.99. The average molecular weight is 449 g/mol. The van der Waals surface area contributed by atoms with Crippen LogP contribution in [0.4, 0.5) is 5.13 Å². The Kier molecular flexibility index (Phi) is 6.03. The second kappa shape index (κ2) is 8.53. The van der Waals surface area contributed by atoms with E-state index in [0.717, 1.165) is 34.7 Å². The predicted molar refractivity (Wildman–Crippen MR) is 119 cm³/mol. The van der Waals surface area contributed by atoms with E-state index in [-0.39, 0.29) is 17.7 Å². The molecule has 4 rings (SSSR count). The predicted octanol–water partition coefficient (Wildman–Crippen LogP) is 4.60. The van der Waals surface area contributed by atoms with Crippen LogP contribution in [0.2, 0.25) is 0 Å². The first kappa shape index (κ1) is 20.5. The largest absolute Gasteiger partial charge is 0.300 e. The van der Waals surface area contributed by atoms with Gasteiger partial charge in [0, 0.05) is 21.9 Å². The molecule has 1 N–H and O–H groups in total. The lowest BCUT2D eigenvalue weighted by Gasteiger charge is -2.19. The number of nitrogens with one attached hydrogen (secondary N) is 1. The monoisotopic (exact) mass is 448 g/mol. The normalized spacial score (nSPS) is 16.2. The van der Waals surface area contributed by atoms with Gasteiger partial charge in [0.1, 0.15) is 5.01 Å². The molecule has 0 bridgehead atoms. The molecular weight excluding hydrogens is 424 g/mol. The summed E-state index contributed by atoms with van der Waals surface area (Å²) in [6, 6.07) is 0.203. The number of rotatable bonds is 6. The number of carbonyl (C=O) groups excluding carboxylic acids is 1. The number of carbonyl (C=O) groups is 1. The van der Waals surface area contributed by atoms with Crippen LogP contribution < -0.4 is 5.32 Å². The lowest BCUT2D eigenvalue weighted by molar-refractivity contribution is -0.113. The van der Waals surface area contributed by atoms with Gasteiger partial charge >= 0.3 is 0 Å². The summed E-state index contributed by atoms with van der Waals surface area (Å²) >= 11 is 4.61. The molecule has 0 fully saturated rings. The van der Waals surface area contributed by atoms with Gasteiger partial charge in [0.2, 0.25) is 11.0 Å². The second-order valence-corrected chi connectivity index (χ2v) is 10.7. The van der Waals surface area contributed by atoms with Crippen LogP contribution in [0.1, 0.15) is 48.7 Å². The number of anilines is 1. The van der Waals surface area contributed by atoms with Crippen LogP contribution in [0.3, 0.4) is 0 Å². The zero-order valence-corrected chi connectivity index (χ0v) is 19.4. The Morgan fingerprint density at radius 2 is 2.17 bits per heavy atom. The molecule has 10 heteroatoms. The zero-order valence-electron chi connectivity index (χ0n) is 16.9. The van der Waals surface area contributed by atoms with Gasteiger partial charge in [-0.2, -0.15) is 0 Å². The van der Waals surface area contributed by atoms with Gasteiger partial charge in [-0.15, -0.1) is 31.7 Å². The summed E-state index contributed by atoms with van der Waals surface area (Å²) in [6.07, 6.45) is 3.48. The van der Waals surface area contributed by atoms with E-state index in [1.807, 2.05) is 18.3 Å². The van der Waals surface area contributed by atoms with Gasteiger partial charge < -0.3 is 0 Å². The molecule has 0 saturated carbocycles. The molecule has 1 atom stereocenters. The first-order valence-corrected chi connectivity index (χ1v) is 12.4. The van der Waals surface area contributed by atoms with Crippen LogP contribution in [-0.4, -0.2) is 36.6 Å². The van der Waals surface area contributed by atoms with Crippen LogP contribution in [0, 0.1) is 12.8 Å². The van der Waals surface area contributed by atoms with Crippen molar-refractivity contribution in [3.05, 3.63) is 20.8 Å². The molecule has 0 radical (unpaired) electrons. The van der Waals surface area contributed by atoms with E-state index < -0.39 is 0 Å². The quantitative estimate of drug-likeness (QED) is 0.555.